The van der Waals surface area contributed by atoms with Crippen LogP contribution in [0.4, 0.5) is 0 Å². The van der Waals surface area contributed by atoms with Gasteiger partial charge in [0, 0.05) is 12.0 Å². The van der Waals surface area contributed by atoms with Crippen LogP contribution in [0.25, 0.3) is 0 Å². The maximum absolute atomic E-state index is 12.0. The van der Waals surface area contributed by atoms with Crippen molar-refractivity contribution in [3.8, 4) is 0 Å². The van der Waals surface area contributed by atoms with Crippen molar-refractivity contribution in [3.63, 3.8) is 0 Å². The number of nitrogens with one attached hydrogen (secondary N) is 1. The Labute approximate surface area is 103 Å². The van der Waals surface area contributed by atoms with Gasteiger partial charge in [0.05, 0.1) is 12.1 Å². The standard InChI is InChI=1S/C13H24N2O2/c14-12(5-1-2-6-12)9-11(17)15-13(10-16)7-3-4-8-13/h16H,1-10,14H2,(H,15,17). The first-order chi connectivity index (χ1) is 8.08. The van der Waals surface area contributed by atoms with E-state index in [-0.39, 0.29) is 23.6 Å². The fourth-order valence-corrected chi connectivity index (χ4v) is 3.29. The molecule has 0 heterocycles. The number of carbonyl (C=O) groups excluding carboxylic acids is 1. The molecule has 0 aromatic carbocycles. The highest BCUT2D eigenvalue weighted by Crippen LogP contribution is 2.32. The highest BCUT2D eigenvalue weighted by Gasteiger charge is 2.37. The van der Waals surface area contributed by atoms with Crippen LogP contribution in [0.5, 0.6) is 0 Å². The van der Waals surface area contributed by atoms with Gasteiger partial charge in [-0.1, -0.05) is 25.7 Å². The summed E-state index contributed by atoms with van der Waals surface area (Å²) < 4.78 is 0. The molecule has 2 rings (SSSR count). The van der Waals surface area contributed by atoms with Crippen molar-refractivity contribution in [2.45, 2.75) is 68.9 Å². The number of amides is 1. The highest BCUT2D eigenvalue weighted by atomic mass is 16.3. The molecule has 0 spiro atoms. The van der Waals surface area contributed by atoms with E-state index in [4.69, 9.17) is 5.73 Å². The molecule has 0 atom stereocenters. The Hall–Kier alpha value is -0.610. The molecule has 0 bridgehead atoms. The van der Waals surface area contributed by atoms with Crippen LogP contribution in [0.15, 0.2) is 0 Å². The highest BCUT2D eigenvalue weighted by molar-refractivity contribution is 5.78. The number of aliphatic hydroxyl groups excluding tert-OH is 1. The van der Waals surface area contributed by atoms with Crippen LogP contribution in [0.2, 0.25) is 0 Å². The van der Waals surface area contributed by atoms with Gasteiger partial charge in [-0.2, -0.15) is 0 Å². The maximum Gasteiger partial charge on any atom is 0.222 e. The van der Waals surface area contributed by atoms with Gasteiger partial charge in [0.2, 0.25) is 5.91 Å². The lowest BCUT2D eigenvalue weighted by atomic mass is 9.92. The zero-order valence-corrected chi connectivity index (χ0v) is 10.5. The van der Waals surface area contributed by atoms with Gasteiger partial charge in [-0.3, -0.25) is 4.79 Å². The Morgan fingerprint density at radius 3 is 2.18 bits per heavy atom. The molecule has 98 valence electrons. The maximum atomic E-state index is 12.0. The summed E-state index contributed by atoms with van der Waals surface area (Å²) in [6.07, 6.45) is 8.56. The molecule has 4 N–H and O–H groups in total. The molecule has 1 amide bonds. The van der Waals surface area contributed by atoms with Gasteiger partial charge in [-0.05, 0) is 25.7 Å². The van der Waals surface area contributed by atoms with E-state index in [1.54, 1.807) is 0 Å². The van der Waals surface area contributed by atoms with Crippen molar-refractivity contribution in [2.75, 3.05) is 6.61 Å². The molecule has 2 aliphatic rings. The van der Waals surface area contributed by atoms with E-state index < -0.39 is 0 Å². The van der Waals surface area contributed by atoms with Crippen LogP contribution >= 0.6 is 0 Å². The first kappa shape index (κ1) is 12.8. The van der Waals surface area contributed by atoms with Crippen molar-refractivity contribution in [3.05, 3.63) is 0 Å². The summed E-state index contributed by atoms with van der Waals surface area (Å²) in [5.74, 6) is 0.0188. The van der Waals surface area contributed by atoms with Crippen molar-refractivity contribution in [2.24, 2.45) is 5.73 Å². The van der Waals surface area contributed by atoms with E-state index in [0.29, 0.717) is 6.42 Å². The molecular weight excluding hydrogens is 216 g/mol. The third-order valence-electron chi connectivity index (χ3n) is 4.38. The molecule has 0 radical (unpaired) electrons. The molecule has 0 aliphatic heterocycles. The van der Waals surface area contributed by atoms with E-state index in [1.165, 1.54) is 0 Å². The molecule has 0 aromatic rings. The summed E-state index contributed by atoms with van der Waals surface area (Å²) >= 11 is 0. The van der Waals surface area contributed by atoms with Gasteiger partial charge in [0.1, 0.15) is 0 Å². The molecule has 4 nitrogen and oxygen atoms in total. The second-order valence-corrected chi connectivity index (χ2v) is 5.94. The lowest BCUT2D eigenvalue weighted by Crippen LogP contribution is -2.52. The number of rotatable bonds is 4. The first-order valence-electron chi connectivity index (χ1n) is 6.78. The van der Waals surface area contributed by atoms with Crippen LogP contribution in [0.3, 0.4) is 0 Å². The molecule has 4 heteroatoms. The first-order valence-corrected chi connectivity index (χ1v) is 6.78. The third kappa shape index (κ3) is 2.99. The second kappa shape index (κ2) is 4.94. The minimum atomic E-state index is -0.355. The predicted molar refractivity (Wildman–Crippen MR) is 66.4 cm³/mol. The second-order valence-electron chi connectivity index (χ2n) is 5.94. The molecule has 0 saturated heterocycles. The Morgan fingerprint density at radius 2 is 1.65 bits per heavy atom. The number of hydrogen-bond donors (Lipinski definition) is 3. The average molecular weight is 240 g/mol. The normalized spacial score (nSPS) is 26.0. The van der Waals surface area contributed by atoms with E-state index in [2.05, 4.69) is 5.32 Å². The Morgan fingerprint density at radius 1 is 1.12 bits per heavy atom. The van der Waals surface area contributed by atoms with Gasteiger partial charge in [0.25, 0.3) is 0 Å². The van der Waals surface area contributed by atoms with Gasteiger partial charge < -0.3 is 16.2 Å². The van der Waals surface area contributed by atoms with Gasteiger partial charge in [-0.15, -0.1) is 0 Å². The van der Waals surface area contributed by atoms with Crippen molar-refractivity contribution in [1.29, 1.82) is 0 Å². The lowest BCUT2D eigenvalue weighted by Gasteiger charge is -2.30. The summed E-state index contributed by atoms with van der Waals surface area (Å²) in [5.41, 5.74) is 5.55. The van der Waals surface area contributed by atoms with Crippen molar-refractivity contribution in [1.82, 2.24) is 5.32 Å². The van der Waals surface area contributed by atoms with Crippen LogP contribution in [0.1, 0.15) is 57.8 Å². The number of aliphatic hydroxyl groups is 1. The molecule has 2 fully saturated rings. The van der Waals surface area contributed by atoms with Crippen molar-refractivity contribution < 1.29 is 9.90 Å². The average Bonchev–Trinajstić information content (AvgIpc) is 2.88. The minimum absolute atomic E-state index is 0.0188. The van der Waals surface area contributed by atoms with E-state index >= 15 is 0 Å². The summed E-state index contributed by atoms with van der Waals surface area (Å²) in [6.45, 7) is 0.0519. The van der Waals surface area contributed by atoms with Gasteiger partial charge in [0.15, 0.2) is 0 Å². The number of carbonyl (C=O) groups is 1. The summed E-state index contributed by atoms with van der Waals surface area (Å²) in [4.78, 5) is 12.0. The quantitative estimate of drug-likeness (QED) is 0.688. The molecule has 2 aliphatic carbocycles. The largest absolute Gasteiger partial charge is 0.394 e. The molecule has 0 unspecified atom stereocenters. The minimum Gasteiger partial charge on any atom is -0.394 e. The molecule has 0 aromatic heterocycles. The van der Waals surface area contributed by atoms with E-state index in [9.17, 15) is 9.90 Å². The van der Waals surface area contributed by atoms with Gasteiger partial charge in [-0.25, -0.2) is 0 Å². The lowest BCUT2D eigenvalue weighted by molar-refractivity contribution is -0.124. The topological polar surface area (TPSA) is 75.4 Å². The Bertz CT molecular complexity index is 279. The summed E-state index contributed by atoms with van der Waals surface area (Å²) in [7, 11) is 0. The monoisotopic (exact) mass is 240 g/mol. The van der Waals surface area contributed by atoms with Crippen molar-refractivity contribution >= 4 is 5.91 Å². The number of nitrogens with two attached hydrogens (primary N) is 1. The van der Waals surface area contributed by atoms with Crippen LogP contribution < -0.4 is 11.1 Å². The van der Waals surface area contributed by atoms with Crippen LogP contribution in [0, 0.1) is 0 Å². The molecule has 2 saturated carbocycles. The smallest absolute Gasteiger partial charge is 0.222 e. The van der Waals surface area contributed by atoms with Crippen LogP contribution in [-0.4, -0.2) is 28.7 Å². The zero-order valence-electron chi connectivity index (χ0n) is 10.5. The van der Waals surface area contributed by atoms with E-state index in [0.717, 1.165) is 51.4 Å². The summed E-state index contributed by atoms with van der Waals surface area (Å²) in [5, 5.41) is 12.5. The van der Waals surface area contributed by atoms with Crippen LogP contribution in [-0.2, 0) is 4.79 Å². The molecular formula is C13H24N2O2. The SMILES string of the molecule is NC1(CC(=O)NC2(CO)CCCC2)CCCC1. The fourth-order valence-electron chi connectivity index (χ4n) is 3.29. The summed E-state index contributed by atoms with van der Waals surface area (Å²) in [6, 6.07) is 0. The zero-order chi connectivity index (χ0) is 12.4. The third-order valence-corrected chi connectivity index (χ3v) is 4.38. The molecule has 17 heavy (non-hydrogen) atoms. The van der Waals surface area contributed by atoms with E-state index in [1.807, 2.05) is 0 Å². The van der Waals surface area contributed by atoms with Gasteiger partial charge >= 0.3 is 0 Å². The Balaban J connectivity index is 1.88. The predicted octanol–water partition coefficient (Wildman–Crippen LogP) is 1.07. The number of hydrogen-bond acceptors (Lipinski definition) is 3. The fraction of sp³-hybridized carbons (Fsp3) is 0.923. The Kier molecular flexibility index (Phi) is 3.73.